The van der Waals surface area contributed by atoms with Crippen molar-refractivity contribution >= 4 is 6.09 Å². The lowest BCUT2D eigenvalue weighted by Crippen LogP contribution is -2.63. The standard InChI is InChI=1S/C15H26N2O3/c1-14(2,3)20-13(18)17-11-4-5-12(17)9-15(8-11)10-19-7-6-16-15/h11-12,16H,4-10H2,1-3H3. The van der Waals surface area contributed by atoms with Gasteiger partial charge in [0.1, 0.15) is 5.60 Å². The number of carbonyl (C=O) groups is 1. The first-order valence-electron chi connectivity index (χ1n) is 7.73. The minimum absolute atomic E-state index is 0.0859. The van der Waals surface area contributed by atoms with Crippen LogP contribution >= 0.6 is 0 Å². The van der Waals surface area contributed by atoms with E-state index in [1.165, 1.54) is 0 Å². The summed E-state index contributed by atoms with van der Waals surface area (Å²) >= 11 is 0. The molecular weight excluding hydrogens is 256 g/mol. The SMILES string of the molecule is CC(C)(C)OC(=O)N1C2CCC1CC1(COCCN1)C2. The molecule has 1 spiro atoms. The topological polar surface area (TPSA) is 50.8 Å². The normalized spacial score (nSPS) is 37.2. The van der Waals surface area contributed by atoms with Crippen molar-refractivity contribution in [2.24, 2.45) is 0 Å². The van der Waals surface area contributed by atoms with Gasteiger partial charge in [0.05, 0.1) is 13.2 Å². The van der Waals surface area contributed by atoms with Crippen molar-refractivity contribution in [1.82, 2.24) is 10.2 Å². The molecule has 2 unspecified atom stereocenters. The van der Waals surface area contributed by atoms with Crippen LogP contribution in [0.1, 0.15) is 46.5 Å². The molecule has 3 aliphatic rings. The van der Waals surface area contributed by atoms with Gasteiger partial charge in [-0.25, -0.2) is 4.79 Å². The molecule has 0 aromatic heterocycles. The van der Waals surface area contributed by atoms with Crippen molar-refractivity contribution in [3.63, 3.8) is 0 Å². The fourth-order valence-corrected chi connectivity index (χ4v) is 3.93. The highest BCUT2D eigenvalue weighted by atomic mass is 16.6. The van der Waals surface area contributed by atoms with Crippen LogP contribution in [0.25, 0.3) is 0 Å². The molecule has 5 nitrogen and oxygen atoms in total. The van der Waals surface area contributed by atoms with Crippen LogP contribution in [0.4, 0.5) is 4.79 Å². The van der Waals surface area contributed by atoms with Gasteiger partial charge in [-0.15, -0.1) is 0 Å². The van der Waals surface area contributed by atoms with Crippen molar-refractivity contribution in [3.8, 4) is 0 Å². The monoisotopic (exact) mass is 282 g/mol. The number of ether oxygens (including phenoxy) is 2. The molecule has 0 aromatic rings. The third-order valence-electron chi connectivity index (χ3n) is 4.60. The summed E-state index contributed by atoms with van der Waals surface area (Å²) in [5.74, 6) is 0. The van der Waals surface area contributed by atoms with Crippen molar-refractivity contribution < 1.29 is 14.3 Å². The Balaban J connectivity index is 1.70. The molecule has 5 heteroatoms. The largest absolute Gasteiger partial charge is 0.444 e. The van der Waals surface area contributed by atoms with Crippen LogP contribution in [-0.4, -0.2) is 54.0 Å². The summed E-state index contributed by atoms with van der Waals surface area (Å²) < 4.78 is 11.2. The van der Waals surface area contributed by atoms with E-state index in [1.807, 2.05) is 25.7 Å². The molecule has 0 saturated carbocycles. The summed E-state index contributed by atoms with van der Waals surface area (Å²) in [4.78, 5) is 14.4. The summed E-state index contributed by atoms with van der Waals surface area (Å²) in [5, 5.41) is 3.64. The lowest BCUT2D eigenvalue weighted by atomic mass is 9.83. The van der Waals surface area contributed by atoms with Crippen LogP contribution in [0.3, 0.4) is 0 Å². The average molecular weight is 282 g/mol. The summed E-state index contributed by atoms with van der Waals surface area (Å²) in [5.41, 5.74) is -0.333. The first kappa shape index (κ1) is 14.1. The van der Waals surface area contributed by atoms with Crippen molar-refractivity contribution in [3.05, 3.63) is 0 Å². The Kier molecular flexibility index (Phi) is 3.45. The van der Waals surface area contributed by atoms with Crippen LogP contribution in [0.2, 0.25) is 0 Å². The van der Waals surface area contributed by atoms with Gasteiger partial charge in [-0.05, 0) is 46.5 Å². The Morgan fingerprint density at radius 1 is 1.30 bits per heavy atom. The zero-order chi connectivity index (χ0) is 14.4. The Bertz CT molecular complexity index is 369. The summed E-state index contributed by atoms with van der Waals surface area (Å²) in [7, 11) is 0. The molecule has 2 bridgehead atoms. The zero-order valence-electron chi connectivity index (χ0n) is 12.8. The molecule has 3 rings (SSSR count). The fourth-order valence-electron chi connectivity index (χ4n) is 3.93. The second kappa shape index (κ2) is 4.88. The molecule has 2 atom stereocenters. The Morgan fingerprint density at radius 2 is 1.95 bits per heavy atom. The van der Waals surface area contributed by atoms with Gasteiger partial charge in [0.25, 0.3) is 0 Å². The number of nitrogens with zero attached hydrogens (tertiary/aromatic N) is 1. The molecule has 1 amide bonds. The maximum Gasteiger partial charge on any atom is 0.410 e. The van der Waals surface area contributed by atoms with E-state index in [9.17, 15) is 4.79 Å². The second-order valence-electron chi connectivity index (χ2n) is 7.44. The molecule has 1 N–H and O–H groups in total. The summed E-state index contributed by atoms with van der Waals surface area (Å²) in [6.45, 7) is 8.28. The molecule has 3 fully saturated rings. The number of amides is 1. The third kappa shape index (κ3) is 2.66. The van der Waals surface area contributed by atoms with Gasteiger partial charge in [-0.1, -0.05) is 0 Å². The van der Waals surface area contributed by atoms with Crippen LogP contribution in [0.15, 0.2) is 0 Å². The van der Waals surface area contributed by atoms with Crippen molar-refractivity contribution in [1.29, 1.82) is 0 Å². The number of morpholine rings is 1. The van der Waals surface area contributed by atoms with Gasteiger partial charge in [-0.3, -0.25) is 0 Å². The highest BCUT2D eigenvalue weighted by Gasteiger charge is 2.51. The molecule has 114 valence electrons. The maximum absolute atomic E-state index is 12.4. The van der Waals surface area contributed by atoms with Gasteiger partial charge in [-0.2, -0.15) is 0 Å². The van der Waals surface area contributed by atoms with Crippen molar-refractivity contribution in [2.45, 2.75) is 69.7 Å². The van der Waals surface area contributed by atoms with Crippen molar-refractivity contribution in [2.75, 3.05) is 19.8 Å². The predicted octanol–water partition coefficient (Wildman–Crippen LogP) is 1.91. The van der Waals surface area contributed by atoms with Gasteiger partial charge in [0.2, 0.25) is 0 Å². The fraction of sp³-hybridized carbons (Fsp3) is 0.933. The highest BCUT2D eigenvalue weighted by molar-refractivity contribution is 5.69. The average Bonchev–Trinajstić information content (AvgIpc) is 2.62. The molecule has 20 heavy (non-hydrogen) atoms. The molecule has 0 aliphatic carbocycles. The van der Waals surface area contributed by atoms with Gasteiger partial charge in [0.15, 0.2) is 0 Å². The predicted molar refractivity (Wildman–Crippen MR) is 75.7 cm³/mol. The molecule has 0 aromatic carbocycles. The van der Waals surface area contributed by atoms with E-state index in [0.717, 1.165) is 45.4 Å². The van der Waals surface area contributed by atoms with E-state index >= 15 is 0 Å². The lowest BCUT2D eigenvalue weighted by molar-refractivity contribution is -0.0383. The highest BCUT2D eigenvalue weighted by Crippen LogP contribution is 2.42. The molecular formula is C15H26N2O3. The van der Waals surface area contributed by atoms with Gasteiger partial charge >= 0.3 is 6.09 Å². The quantitative estimate of drug-likeness (QED) is 0.737. The number of hydrogen-bond acceptors (Lipinski definition) is 4. The van der Waals surface area contributed by atoms with Gasteiger partial charge in [0, 0.05) is 24.2 Å². The molecule has 3 aliphatic heterocycles. The molecule has 0 radical (unpaired) electrons. The number of rotatable bonds is 0. The van der Waals surface area contributed by atoms with Crippen LogP contribution in [0, 0.1) is 0 Å². The first-order valence-corrected chi connectivity index (χ1v) is 7.73. The van der Waals surface area contributed by atoms with Gasteiger partial charge < -0.3 is 19.7 Å². The molecule has 3 saturated heterocycles. The van der Waals surface area contributed by atoms with E-state index in [4.69, 9.17) is 9.47 Å². The van der Waals surface area contributed by atoms with Crippen LogP contribution in [0.5, 0.6) is 0 Å². The lowest BCUT2D eigenvalue weighted by Gasteiger charge is -2.48. The van der Waals surface area contributed by atoms with E-state index in [2.05, 4.69) is 5.32 Å². The van der Waals surface area contributed by atoms with Crippen LogP contribution < -0.4 is 5.32 Å². The number of fused-ring (bicyclic) bond motifs is 2. The summed E-state index contributed by atoms with van der Waals surface area (Å²) in [6, 6.07) is 0.607. The Morgan fingerprint density at radius 3 is 2.45 bits per heavy atom. The van der Waals surface area contributed by atoms with E-state index in [-0.39, 0.29) is 11.6 Å². The Hall–Kier alpha value is -0.810. The second-order valence-corrected chi connectivity index (χ2v) is 7.44. The van der Waals surface area contributed by atoms with E-state index in [1.54, 1.807) is 0 Å². The summed E-state index contributed by atoms with van der Waals surface area (Å²) in [6.07, 6.45) is 4.02. The minimum atomic E-state index is -0.419. The number of carbonyl (C=O) groups excluding carboxylic acids is 1. The maximum atomic E-state index is 12.4. The number of hydrogen-bond donors (Lipinski definition) is 1. The number of nitrogens with one attached hydrogen (secondary N) is 1. The van der Waals surface area contributed by atoms with E-state index < -0.39 is 5.60 Å². The first-order chi connectivity index (χ1) is 9.39. The van der Waals surface area contributed by atoms with Crippen LogP contribution in [-0.2, 0) is 9.47 Å². The third-order valence-corrected chi connectivity index (χ3v) is 4.60. The number of piperidine rings is 1. The minimum Gasteiger partial charge on any atom is -0.444 e. The smallest absolute Gasteiger partial charge is 0.410 e. The van der Waals surface area contributed by atoms with E-state index in [0.29, 0.717) is 12.1 Å². The molecule has 3 heterocycles. The Labute approximate surface area is 121 Å². The zero-order valence-corrected chi connectivity index (χ0v) is 12.8.